The second kappa shape index (κ2) is 7.61. The Balaban J connectivity index is 1.79. The molecule has 1 fully saturated rings. The molecule has 6 nitrogen and oxygen atoms in total. The van der Waals surface area contributed by atoms with Crippen molar-refractivity contribution in [3.05, 3.63) is 56.7 Å². The topological polar surface area (TPSA) is 71.3 Å². The van der Waals surface area contributed by atoms with E-state index in [2.05, 4.69) is 43.3 Å². The first-order chi connectivity index (χ1) is 11.6. The third-order valence-electron chi connectivity index (χ3n) is 4.17. The number of benzene rings is 1. The van der Waals surface area contributed by atoms with Crippen molar-refractivity contribution in [2.45, 2.75) is 25.8 Å². The number of halogens is 1. The fourth-order valence-electron chi connectivity index (χ4n) is 2.99. The van der Waals surface area contributed by atoms with Crippen molar-refractivity contribution in [3.8, 4) is 0 Å². The lowest BCUT2D eigenvalue weighted by Gasteiger charge is -2.30. The van der Waals surface area contributed by atoms with Gasteiger partial charge in [0.15, 0.2) is 0 Å². The molecule has 1 N–H and O–H groups in total. The molecule has 0 unspecified atom stereocenters. The summed E-state index contributed by atoms with van der Waals surface area (Å²) in [7, 11) is 0. The number of nitro groups is 1. The molecule has 1 saturated heterocycles. The lowest BCUT2D eigenvalue weighted by atomic mass is 10.1. The molecule has 0 spiro atoms. The minimum atomic E-state index is -0.420. The highest BCUT2D eigenvalue weighted by atomic mass is 79.9. The number of pyridine rings is 1. The lowest BCUT2D eigenvalue weighted by molar-refractivity contribution is -0.384. The number of hydrogen-bond acceptors (Lipinski definition) is 5. The van der Waals surface area contributed by atoms with Crippen LogP contribution in [0.15, 0.2) is 41.0 Å². The SMILES string of the molecule is O=[N+]([O-])c1cc(Br)cnc1NCc1ccccc1N1CCCCC1. The number of para-hydroxylation sites is 1. The van der Waals surface area contributed by atoms with E-state index in [-0.39, 0.29) is 11.5 Å². The maximum absolute atomic E-state index is 11.2. The number of hydrogen-bond donors (Lipinski definition) is 1. The van der Waals surface area contributed by atoms with Crippen LogP contribution in [0.4, 0.5) is 17.2 Å². The number of aromatic nitrogens is 1. The molecule has 126 valence electrons. The van der Waals surface area contributed by atoms with Crippen molar-refractivity contribution in [1.29, 1.82) is 0 Å². The third kappa shape index (κ3) is 3.84. The molecule has 1 aliphatic heterocycles. The van der Waals surface area contributed by atoms with E-state index in [0.717, 1.165) is 18.7 Å². The van der Waals surface area contributed by atoms with Gasteiger partial charge in [-0.05, 0) is 46.8 Å². The second-order valence-corrected chi connectivity index (χ2v) is 6.72. The molecule has 1 aromatic carbocycles. The number of nitrogens with zero attached hydrogens (tertiary/aromatic N) is 3. The zero-order valence-electron chi connectivity index (χ0n) is 13.2. The summed E-state index contributed by atoms with van der Waals surface area (Å²) >= 11 is 3.22. The number of rotatable bonds is 5. The van der Waals surface area contributed by atoms with Gasteiger partial charge in [0.25, 0.3) is 0 Å². The van der Waals surface area contributed by atoms with Crippen LogP contribution >= 0.6 is 15.9 Å². The van der Waals surface area contributed by atoms with E-state index in [1.165, 1.54) is 31.0 Å². The smallest absolute Gasteiger partial charge is 0.312 e. The van der Waals surface area contributed by atoms with Gasteiger partial charge >= 0.3 is 5.69 Å². The van der Waals surface area contributed by atoms with E-state index in [4.69, 9.17) is 0 Å². The number of anilines is 2. The number of piperidine rings is 1. The van der Waals surface area contributed by atoms with Gasteiger partial charge in [0.1, 0.15) is 0 Å². The first-order valence-corrected chi connectivity index (χ1v) is 8.81. The molecular weight excluding hydrogens is 372 g/mol. The molecule has 24 heavy (non-hydrogen) atoms. The zero-order chi connectivity index (χ0) is 16.9. The molecule has 0 radical (unpaired) electrons. The molecule has 0 atom stereocenters. The average Bonchev–Trinajstić information content (AvgIpc) is 2.61. The molecular formula is C17H19BrN4O2. The van der Waals surface area contributed by atoms with Crippen LogP contribution in [-0.2, 0) is 6.54 Å². The van der Waals surface area contributed by atoms with Gasteiger partial charge < -0.3 is 10.2 Å². The van der Waals surface area contributed by atoms with E-state index in [9.17, 15) is 10.1 Å². The molecule has 0 aliphatic carbocycles. The first kappa shape index (κ1) is 16.7. The molecule has 2 heterocycles. The van der Waals surface area contributed by atoms with Gasteiger partial charge in [-0.25, -0.2) is 4.98 Å². The van der Waals surface area contributed by atoms with Gasteiger partial charge in [0.05, 0.1) is 4.92 Å². The van der Waals surface area contributed by atoms with E-state index in [1.54, 1.807) is 6.20 Å². The molecule has 1 aliphatic rings. The van der Waals surface area contributed by atoms with E-state index in [0.29, 0.717) is 11.0 Å². The van der Waals surface area contributed by atoms with Crippen molar-refractivity contribution in [2.75, 3.05) is 23.3 Å². The minimum Gasteiger partial charge on any atom is -0.371 e. The average molecular weight is 391 g/mol. The molecule has 0 saturated carbocycles. The first-order valence-electron chi connectivity index (χ1n) is 8.02. The Morgan fingerprint density at radius 3 is 2.75 bits per heavy atom. The Morgan fingerprint density at radius 2 is 2.00 bits per heavy atom. The highest BCUT2D eigenvalue weighted by Crippen LogP contribution is 2.28. The van der Waals surface area contributed by atoms with Crippen LogP contribution in [0, 0.1) is 10.1 Å². The monoisotopic (exact) mass is 390 g/mol. The molecule has 2 aromatic rings. The summed E-state index contributed by atoms with van der Waals surface area (Å²) in [6, 6.07) is 9.67. The Morgan fingerprint density at radius 1 is 1.25 bits per heavy atom. The maximum atomic E-state index is 11.2. The molecule has 7 heteroatoms. The summed E-state index contributed by atoms with van der Waals surface area (Å²) in [5.41, 5.74) is 2.29. The molecule has 3 rings (SSSR count). The number of nitrogens with one attached hydrogen (secondary N) is 1. The Bertz CT molecular complexity index is 732. The second-order valence-electron chi connectivity index (χ2n) is 5.81. The van der Waals surface area contributed by atoms with Gasteiger partial charge in [0, 0.05) is 42.1 Å². The summed E-state index contributed by atoms with van der Waals surface area (Å²) in [5.74, 6) is 0.289. The van der Waals surface area contributed by atoms with Crippen molar-refractivity contribution < 1.29 is 4.92 Å². The maximum Gasteiger partial charge on any atom is 0.312 e. The van der Waals surface area contributed by atoms with Gasteiger partial charge in [-0.3, -0.25) is 10.1 Å². The van der Waals surface area contributed by atoms with Gasteiger partial charge in [-0.15, -0.1) is 0 Å². The summed E-state index contributed by atoms with van der Waals surface area (Å²) in [6.45, 7) is 2.63. The van der Waals surface area contributed by atoms with Gasteiger partial charge in [-0.1, -0.05) is 18.2 Å². The van der Waals surface area contributed by atoms with Gasteiger partial charge in [-0.2, -0.15) is 0 Å². The Hall–Kier alpha value is -2.15. The van der Waals surface area contributed by atoms with Crippen LogP contribution < -0.4 is 10.2 Å². The molecule has 0 bridgehead atoms. The van der Waals surface area contributed by atoms with Crippen LogP contribution in [0.2, 0.25) is 0 Å². The predicted octanol–water partition coefficient (Wildman–Crippen LogP) is 4.35. The lowest BCUT2D eigenvalue weighted by Crippen LogP contribution is -2.30. The van der Waals surface area contributed by atoms with Crippen LogP contribution in [0.5, 0.6) is 0 Å². The van der Waals surface area contributed by atoms with E-state index >= 15 is 0 Å². The quantitative estimate of drug-likeness (QED) is 0.606. The van der Waals surface area contributed by atoms with Crippen molar-refractivity contribution >= 4 is 33.1 Å². The molecule has 1 aromatic heterocycles. The third-order valence-corrected chi connectivity index (χ3v) is 4.60. The van der Waals surface area contributed by atoms with Crippen molar-refractivity contribution in [3.63, 3.8) is 0 Å². The van der Waals surface area contributed by atoms with Crippen molar-refractivity contribution in [1.82, 2.24) is 4.98 Å². The standard InChI is InChI=1S/C17H19BrN4O2/c18-14-10-16(22(23)24)17(20-12-14)19-11-13-6-2-3-7-15(13)21-8-4-1-5-9-21/h2-3,6-7,10,12H,1,4-5,8-9,11H2,(H,19,20). The van der Waals surface area contributed by atoms with Crippen molar-refractivity contribution in [2.24, 2.45) is 0 Å². The largest absolute Gasteiger partial charge is 0.371 e. The summed E-state index contributed by atoms with van der Waals surface area (Å²) < 4.78 is 0.591. The summed E-state index contributed by atoms with van der Waals surface area (Å²) in [5, 5.41) is 14.3. The van der Waals surface area contributed by atoms with E-state index in [1.807, 2.05) is 12.1 Å². The molecule has 0 amide bonds. The van der Waals surface area contributed by atoms with Crippen LogP contribution in [-0.4, -0.2) is 23.0 Å². The summed E-state index contributed by atoms with van der Waals surface area (Å²) in [6.07, 6.45) is 5.26. The minimum absolute atomic E-state index is 0.0279. The predicted molar refractivity (Wildman–Crippen MR) is 98.4 cm³/mol. The van der Waals surface area contributed by atoms with Gasteiger partial charge in [0.2, 0.25) is 5.82 Å². The van der Waals surface area contributed by atoms with Crippen LogP contribution in [0.1, 0.15) is 24.8 Å². The zero-order valence-corrected chi connectivity index (χ0v) is 14.8. The highest BCUT2D eigenvalue weighted by molar-refractivity contribution is 9.10. The highest BCUT2D eigenvalue weighted by Gasteiger charge is 2.17. The Kier molecular flexibility index (Phi) is 5.30. The normalized spacial score (nSPS) is 14.5. The Labute approximate surface area is 149 Å². The summed E-state index contributed by atoms with van der Waals surface area (Å²) in [4.78, 5) is 17.3. The fourth-order valence-corrected chi connectivity index (χ4v) is 3.31. The van der Waals surface area contributed by atoms with Crippen LogP contribution in [0.3, 0.4) is 0 Å². The van der Waals surface area contributed by atoms with E-state index < -0.39 is 4.92 Å². The fraction of sp³-hybridized carbons (Fsp3) is 0.353. The van der Waals surface area contributed by atoms with Crippen LogP contribution in [0.25, 0.3) is 0 Å².